The van der Waals surface area contributed by atoms with Crippen LogP contribution in [0.25, 0.3) is 10.9 Å². The third-order valence-corrected chi connectivity index (χ3v) is 4.44. The summed E-state index contributed by atoms with van der Waals surface area (Å²) in [6, 6.07) is 7.76. The Bertz CT molecular complexity index is 766. The minimum absolute atomic E-state index is 0.0587. The zero-order valence-corrected chi connectivity index (χ0v) is 13.8. The number of nitrogens with zero attached hydrogens (tertiary/aromatic N) is 2. The summed E-state index contributed by atoms with van der Waals surface area (Å²) in [4.78, 5) is 25.1. The molecule has 0 radical (unpaired) electrons. The molecule has 0 spiro atoms. The molecule has 6 nitrogen and oxygen atoms in total. The Morgan fingerprint density at radius 3 is 2.83 bits per heavy atom. The summed E-state index contributed by atoms with van der Waals surface area (Å²) in [6.45, 7) is 3.45. The third-order valence-electron chi connectivity index (χ3n) is 4.44. The van der Waals surface area contributed by atoms with Gasteiger partial charge in [-0.05, 0) is 12.5 Å². The van der Waals surface area contributed by atoms with Gasteiger partial charge in [-0.15, -0.1) is 0 Å². The molecule has 1 amide bonds. The molecule has 0 bridgehead atoms. The van der Waals surface area contributed by atoms with Crippen molar-refractivity contribution in [3.05, 3.63) is 35.5 Å². The Labute approximate surface area is 140 Å². The zero-order valence-electron chi connectivity index (χ0n) is 13.8. The van der Waals surface area contributed by atoms with Crippen molar-refractivity contribution in [3.8, 4) is 0 Å². The van der Waals surface area contributed by atoms with Gasteiger partial charge in [-0.2, -0.15) is 0 Å². The van der Waals surface area contributed by atoms with Crippen molar-refractivity contribution < 1.29 is 19.4 Å². The number of ether oxygens (including phenoxy) is 1. The fraction of sp³-hybridized carbons (Fsp3) is 0.444. The monoisotopic (exact) mass is 330 g/mol. The average molecular weight is 330 g/mol. The molecule has 2 heterocycles. The molecule has 24 heavy (non-hydrogen) atoms. The predicted octanol–water partition coefficient (Wildman–Crippen LogP) is 3.02. The lowest BCUT2D eigenvalue weighted by molar-refractivity contribution is -0.137. The molecule has 0 atom stereocenters. The van der Waals surface area contributed by atoms with Gasteiger partial charge in [-0.3, -0.25) is 4.79 Å². The van der Waals surface area contributed by atoms with E-state index in [4.69, 9.17) is 4.74 Å². The van der Waals surface area contributed by atoms with Gasteiger partial charge in [0.05, 0.1) is 13.2 Å². The van der Waals surface area contributed by atoms with Crippen LogP contribution >= 0.6 is 0 Å². The van der Waals surface area contributed by atoms with Crippen LogP contribution in [0, 0.1) is 0 Å². The van der Waals surface area contributed by atoms with Crippen LogP contribution in [-0.4, -0.2) is 39.8 Å². The summed E-state index contributed by atoms with van der Waals surface area (Å²) >= 11 is 0. The number of carbonyl (C=O) groups excluding carboxylic acids is 1. The van der Waals surface area contributed by atoms with Crippen molar-refractivity contribution in [1.82, 2.24) is 9.47 Å². The number of carbonyl (C=O) groups is 2. The van der Waals surface area contributed by atoms with Gasteiger partial charge in [-0.1, -0.05) is 31.5 Å². The van der Waals surface area contributed by atoms with Crippen LogP contribution in [0.4, 0.5) is 4.79 Å². The SMILES string of the molecule is CCCCOC(=O)N1CCc2c(c3ccccc3n2CC(=O)O)C1. The van der Waals surface area contributed by atoms with E-state index in [0.717, 1.165) is 35.0 Å². The lowest BCUT2D eigenvalue weighted by atomic mass is 10.0. The van der Waals surface area contributed by atoms with E-state index in [0.29, 0.717) is 26.1 Å². The summed E-state index contributed by atoms with van der Waals surface area (Å²) in [5, 5.41) is 10.2. The van der Waals surface area contributed by atoms with Crippen LogP contribution in [0.3, 0.4) is 0 Å². The molecular weight excluding hydrogens is 308 g/mol. The van der Waals surface area contributed by atoms with Crippen LogP contribution in [-0.2, 0) is 29.0 Å². The first-order chi connectivity index (χ1) is 11.6. The Morgan fingerprint density at radius 1 is 1.29 bits per heavy atom. The second-order valence-electron chi connectivity index (χ2n) is 6.06. The highest BCUT2D eigenvalue weighted by molar-refractivity contribution is 5.87. The number of aliphatic carboxylic acids is 1. The van der Waals surface area contributed by atoms with Crippen LogP contribution in [0.15, 0.2) is 24.3 Å². The first-order valence-electron chi connectivity index (χ1n) is 8.34. The van der Waals surface area contributed by atoms with Crippen LogP contribution < -0.4 is 0 Å². The molecule has 0 unspecified atom stereocenters. The molecule has 3 rings (SSSR count). The van der Waals surface area contributed by atoms with E-state index in [1.54, 1.807) is 4.90 Å². The molecule has 0 saturated heterocycles. The standard InChI is InChI=1S/C18H22N2O4/c1-2-3-10-24-18(23)19-9-8-16-14(11-19)13-6-4-5-7-15(13)20(16)12-17(21)22/h4-7H,2-3,8-12H2,1H3,(H,21,22). The molecule has 6 heteroatoms. The quantitative estimate of drug-likeness (QED) is 0.856. The maximum Gasteiger partial charge on any atom is 0.410 e. The van der Waals surface area contributed by atoms with E-state index < -0.39 is 5.97 Å². The highest BCUT2D eigenvalue weighted by Gasteiger charge is 2.27. The number of fused-ring (bicyclic) bond motifs is 3. The molecule has 2 aromatic rings. The number of aromatic nitrogens is 1. The summed E-state index contributed by atoms with van der Waals surface area (Å²) < 4.78 is 7.16. The number of carboxylic acids is 1. The number of amides is 1. The van der Waals surface area contributed by atoms with E-state index in [9.17, 15) is 14.7 Å². The third kappa shape index (κ3) is 3.09. The fourth-order valence-electron chi connectivity index (χ4n) is 3.27. The van der Waals surface area contributed by atoms with Gasteiger partial charge in [-0.25, -0.2) is 4.79 Å². The van der Waals surface area contributed by atoms with Gasteiger partial charge in [0, 0.05) is 35.1 Å². The largest absolute Gasteiger partial charge is 0.480 e. The van der Waals surface area contributed by atoms with Crippen molar-refractivity contribution in [2.45, 2.75) is 39.3 Å². The van der Waals surface area contributed by atoms with E-state index in [2.05, 4.69) is 6.92 Å². The van der Waals surface area contributed by atoms with Crippen molar-refractivity contribution in [3.63, 3.8) is 0 Å². The lowest BCUT2D eigenvalue weighted by Crippen LogP contribution is -2.37. The Kier molecular flexibility index (Phi) is 4.74. The van der Waals surface area contributed by atoms with Crippen molar-refractivity contribution in [2.24, 2.45) is 0 Å². The number of hydrogen-bond acceptors (Lipinski definition) is 3. The number of rotatable bonds is 5. The number of carboxylic acid groups (broad SMARTS) is 1. The maximum atomic E-state index is 12.2. The van der Waals surface area contributed by atoms with Gasteiger partial charge in [0.15, 0.2) is 0 Å². The second kappa shape index (κ2) is 6.95. The molecular formula is C18H22N2O4. The van der Waals surface area contributed by atoms with Gasteiger partial charge in [0.25, 0.3) is 0 Å². The molecule has 1 N–H and O–H groups in total. The minimum Gasteiger partial charge on any atom is -0.480 e. The Hall–Kier alpha value is -2.50. The first kappa shape index (κ1) is 16.4. The fourth-order valence-corrected chi connectivity index (χ4v) is 3.27. The maximum absolute atomic E-state index is 12.2. The summed E-state index contributed by atoms with van der Waals surface area (Å²) in [7, 11) is 0. The van der Waals surface area contributed by atoms with Crippen LogP contribution in [0.2, 0.25) is 0 Å². The number of benzene rings is 1. The minimum atomic E-state index is -0.861. The average Bonchev–Trinajstić information content (AvgIpc) is 2.88. The molecule has 1 aliphatic heterocycles. The van der Waals surface area contributed by atoms with Crippen LogP contribution in [0.1, 0.15) is 31.0 Å². The predicted molar refractivity (Wildman–Crippen MR) is 89.9 cm³/mol. The van der Waals surface area contributed by atoms with Crippen molar-refractivity contribution in [2.75, 3.05) is 13.2 Å². The van der Waals surface area contributed by atoms with Crippen molar-refractivity contribution >= 4 is 23.0 Å². The van der Waals surface area contributed by atoms with E-state index in [-0.39, 0.29) is 12.6 Å². The van der Waals surface area contributed by atoms with Gasteiger partial charge in [0.1, 0.15) is 6.54 Å². The summed E-state index contributed by atoms with van der Waals surface area (Å²) in [5.41, 5.74) is 2.95. The highest BCUT2D eigenvalue weighted by Crippen LogP contribution is 2.31. The number of para-hydroxylation sites is 1. The molecule has 128 valence electrons. The van der Waals surface area contributed by atoms with Crippen molar-refractivity contribution in [1.29, 1.82) is 0 Å². The van der Waals surface area contributed by atoms with Gasteiger partial charge >= 0.3 is 12.1 Å². The van der Waals surface area contributed by atoms with Gasteiger partial charge in [0.2, 0.25) is 0 Å². The van der Waals surface area contributed by atoms with E-state index >= 15 is 0 Å². The second-order valence-corrected chi connectivity index (χ2v) is 6.06. The highest BCUT2D eigenvalue weighted by atomic mass is 16.6. The number of hydrogen-bond donors (Lipinski definition) is 1. The molecule has 0 aliphatic carbocycles. The van der Waals surface area contributed by atoms with E-state index in [1.807, 2.05) is 28.8 Å². The van der Waals surface area contributed by atoms with Crippen LogP contribution in [0.5, 0.6) is 0 Å². The van der Waals surface area contributed by atoms with E-state index in [1.165, 1.54) is 0 Å². The molecule has 0 fully saturated rings. The lowest BCUT2D eigenvalue weighted by Gasteiger charge is -2.27. The topological polar surface area (TPSA) is 71.8 Å². The smallest absolute Gasteiger partial charge is 0.410 e. The Morgan fingerprint density at radius 2 is 2.08 bits per heavy atom. The first-order valence-corrected chi connectivity index (χ1v) is 8.34. The zero-order chi connectivity index (χ0) is 17.1. The van der Waals surface area contributed by atoms with Gasteiger partial charge < -0.3 is 19.3 Å². The molecule has 1 aromatic heterocycles. The number of unbranched alkanes of at least 4 members (excludes halogenated alkanes) is 1. The summed E-state index contributed by atoms with van der Waals surface area (Å²) in [6.07, 6.45) is 2.20. The normalized spacial score (nSPS) is 13.8. The summed E-state index contributed by atoms with van der Waals surface area (Å²) in [5.74, 6) is -0.861. The molecule has 0 saturated carbocycles. The Balaban J connectivity index is 1.88. The molecule has 1 aromatic carbocycles. The molecule has 1 aliphatic rings.